The Balaban J connectivity index is 2.56. The molecular weight excluding hydrogens is 198 g/mol. The van der Waals surface area contributed by atoms with Crippen molar-refractivity contribution < 1.29 is 5.11 Å². The van der Waals surface area contributed by atoms with Crippen molar-refractivity contribution in [2.75, 3.05) is 0 Å². The van der Waals surface area contributed by atoms with Crippen LogP contribution in [0.3, 0.4) is 0 Å². The van der Waals surface area contributed by atoms with Gasteiger partial charge in [-0.25, -0.2) is 4.98 Å². The van der Waals surface area contributed by atoms with Crippen LogP contribution in [0.2, 0.25) is 5.15 Å². The number of hydrogen-bond acceptors (Lipinski definition) is 2. The van der Waals surface area contributed by atoms with E-state index in [-0.39, 0.29) is 0 Å². The molecule has 3 heteroatoms. The lowest BCUT2D eigenvalue weighted by Gasteiger charge is -2.12. The maximum atomic E-state index is 9.81. The van der Waals surface area contributed by atoms with E-state index in [2.05, 4.69) is 18.8 Å². The highest BCUT2D eigenvalue weighted by Gasteiger charge is 2.08. The van der Waals surface area contributed by atoms with Crippen molar-refractivity contribution in [1.29, 1.82) is 0 Å². The topological polar surface area (TPSA) is 33.1 Å². The van der Waals surface area contributed by atoms with Crippen molar-refractivity contribution in [1.82, 2.24) is 4.98 Å². The molecule has 1 aromatic rings. The van der Waals surface area contributed by atoms with Crippen molar-refractivity contribution in [3.8, 4) is 0 Å². The minimum Gasteiger partial charge on any atom is -0.388 e. The van der Waals surface area contributed by atoms with Crippen LogP contribution in [0.4, 0.5) is 0 Å². The molecule has 0 saturated heterocycles. The zero-order chi connectivity index (χ0) is 10.6. The van der Waals surface area contributed by atoms with E-state index >= 15 is 0 Å². The van der Waals surface area contributed by atoms with Crippen LogP contribution in [0.25, 0.3) is 0 Å². The van der Waals surface area contributed by atoms with Crippen molar-refractivity contribution in [2.45, 2.75) is 32.8 Å². The fourth-order valence-electron chi connectivity index (χ4n) is 1.28. The Morgan fingerprint density at radius 1 is 1.43 bits per heavy atom. The molecular formula is C11H16ClNO. The van der Waals surface area contributed by atoms with Gasteiger partial charge in [-0.15, -0.1) is 0 Å². The molecule has 0 aromatic carbocycles. The van der Waals surface area contributed by atoms with Crippen molar-refractivity contribution in [3.63, 3.8) is 0 Å². The molecule has 1 N–H and O–H groups in total. The summed E-state index contributed by atoms with van der Waals surface area (Å²) in [7, 11) is 0. The SMILES string of the molecule is CC(C)CCC(O)c1ccnc(Cl)c1. The summed E-state index contributed by atoms with van der Waals surface area (Å²) in [6.45, 7) is 4.29. The number of rotatable bonds is 4. The third kappa shape index (κ3) is 3.64. The van der Waals surface area contributed by atoms with E-state index < -0.39 is 6.10 Å². The van der Waals surface area contributed by atoms with Crippen molar-refractivity contribution in [2.24, 2.45) is 5.92 Å². The van der Waals surface area contributed by atoms with Crippen LogP contribution in [-0.4, -0.2) is 10.1 Å². The van der Waals surface area contributed by atoms with Crippen LogP contribution in [0, 0.1) is 5.92 Å². The Kier molecular flexibility index (Phi) is 4.36. The third-order valence-corrected chi connectivity index (χ3v) is 2.36. The zero-order valence-electron chi connectivity index (χ0n) is 8.57. The van der Waals surface area contributed by atoms with Gasteiger partial charge in [0, 0.05) is 6.20 Å². The number of pyridine rings is 1. The number of aliphatic hydroxyl groups is 1. The Hall–Kier alpha value is -0.600. The first-order chi connectivity index (χ1) is 6.59. The second kappa shape index (κ2) is 5.32. The van der Waals surface area contributed by atoms with Gasteiger partial charge in [-0.1, -0.05) is 25.4 Å². The monoisotopic (exact) mass is 213 g/mol. The second-order valence-electron chi connectivity index (χ2n) is 3.90. The summed E-state index contributed by atoms with van der Waals surface area (Å²) in [5.41, 5.74) is 0.852. The number of hydrogen-bond donors (Lipinski definition) is 1. The van der Waals surface area contributed by atoms with E-state index in [9.17, 15) is 5.11 Å². The molecule has 0 aliphatic rings. The van der Waals surface area contributed by atoms with Crippen LogP contribution < -0.4 is 0 Å². The lowest BCUT2D eigenvalue weighted by Crippen LogP contribution is -2.00. The van der Waals surface area contributed by atoms with E-state index in [1.165, 1.54) is 0 Å². The van der Waals surface area contributed by atoms with Gasteiger partial charge in [-0.3, -0.25) is 0 Å². The smallest absolute Gasteiger partial charge is 0.129 e. The molecule has 0 radical (unpaired) electrons. The molecule has 0 aliphatic heterocycles. The van der Waals surface area contributed by atoms with Gasteiger partial charge < -0.3 is 5.11 Å². The summed E-state index contributed by atoms with van der Waals surface area (Å²) in [4.78, 5) is 3.87. The van der Waals surface area contributed by atoms with Crippen LogP contribution in [0.1, 0.15) is 38.4 Å². The Morgan fingerprint density at radius 3 is 2.71 bits per heavy atom. The highest BCUT2D eigenvalue weighted by molar-refractivity contribution is 6.29. The molecule has 1 rings (SSSR count). The van der Waals surface area contributed by atoms with Crippen LogP contribution >= 0.6 is 11.6 Å². The van der Waals surface area contributed by atoms with E-state index in [0.717, 1.165) is 18.4 Å². The summed E-state index contributed by atoms with van der Waals surface area (Å²) in [5, 5.41) is 10.2. The van der Waals surface area contributed by atoms with Gasteiger partial charge in [0.1, 0.15) is 5.15 Å². The normalized spacial score (nSPS) is 13.2. The molecule has 14 heavy (non-hydrogen) atoms. The van der Waals surface area contributed by atoms with E-state index in [0.29, 0.717) is 11.1 Å². The minimum atomic E-state index is -0.419. The maximum Gasteiger partial charge on any atom is 0.129 e. The van der Waals surface area contributed by atoms with Gasteiger partial charge in [0.2, 0.25) is 0 Å². The van der Waals surface area contributed by atoms with E-state index in [4.69, 9.17) is 11.6 Å². The van der Waals surface area contributed by atoms with E-state index in [1.807, 2.05) is 0 Å². The predicted molar refractivity (Wildman–Crippen MR) is 58.3 cm³/mol. The number of aromatic nitrogens is 1. The minimum absolute atomic E-state index is 0.419. The molecule has 78 valence electrons. The van der Waals surface area contributed by atoms with E-state index in [1.54, 1.807) is 18.3 Å². The summed E-state index contributed by atoms with van der Waals surface area (Å²) < 4.78 is 0. The fourth-order valence-corrected chi connectivity index (χ4v) is 1.46. The molecule has 0 aliphatic carbocycles. The second-order valence-corrected chi connectivity index (χ2v) is 4.29. The highest BCUT2D eigenvalue weighted by Crippen LogP contribution is 2.21. The highest BCUT2D eigenvalue weighted by atomic mass is 35.5. The molecule has 1 unspecified atom stereocenters. The largest absolute Gasteiger partial charge is 0.388 e. The van der Waals surface area contributed by atoms with Crippen molar-refractivity contribution >= 4 is 11.6 Å². The summed E-state index contributed by atoms with van der Waals surface area (Å²) >= 11 is 5.73. The lowest BCUT2D eigenvalue weighted by molar-refractivity contribution is 0.159. The van der Waals surface area contributed by atoms with Gasteiger partial charge in [-0.2, -0.15) is 0 Å². The molecule has 0 bridgehead atoms. The molecule has 0 fully saturated rings. The number of halogens is 1. The first-order valence-corrected chi connectivity index (χ1v) is 5.27. The standard InChI is InChI=1S/C11H16ClNO/c1-8(2)3-4-10(14)9-5-6-13-11(12)7-9/h5-8,10,14H,3-4H2,1-2H3. The van der Waals surface area contributed by atoms with Gasteiger partial charge in [0.15, 0.2) is 0 Å². The van der Waals surface area contributed by atoms with Crippen LogP contribution in [-0.2, 0) is 0 Å². The zero-order valence-corrected chi connectivity index (χ0v) is 9.33. The molecule has 0 saturated carbocycles. The first-order valence-electron chi connectivity index (χ1n) is 4.89. The molecule has 2 nitrogen and oxygen atoms in total. The first kappa shape index (κ1) is 11.5. The Bertz CT molecular complexity index is 288. The number of aliphatic hydroxyl groups excluding tert-OH is 1. The predicted octanol–water partition coefficient (Wildman–Crippen LogP) is 3.20. The van der Waals surface area contributed by atoms with Gasteiger partial charge >= 0.3 is 0 Å². The van der Waals surface area contributed by atoms with Gasteiger partial charge in [0.25, 0.3) is 0 Å². The summed E-state index contributed by atoms with van der Waals surface area (Å²) in [6, 6.07) is 3.52. The van der Waals surface area contributed by atoms with Gasteiger partial charge in [-0.05, 0) is 36.5 Å². The molecule has 1 heterocycles. The summed E-state index contributed by atoms with van der Waals surface area (Å²) in [5.74, 6) is 0.613. The van der Waals surface area contributed by atoms with Crippen LogP contribution in [0.5, 0.6) is 0 Å². The third-order valence-electron chi connectivity index (χ3n) is 2.15. The quantitative estimate of drug-likeness (QED) is 0.780. The molecule has 1 aromatic heterocycles. The lowest BCUT2D eigenvalue weighted by atomic mass is 10.0. The maximum absolute atomic E-state index is 9.81. The van der Waals surface area contributed by atoms with Gasteiger partial charge in [0.05, 0.1) is 6.10 Å². The average Bonchev–Trinajstić information content (AvgIpc) is 2.14. The summed E-state index contributed by atoms with van der Waals surface area (Å²) in [6.07, 6.45) is 2.99. The van der Waals surface area contributed by atoms with Crippen molar-refractivity contribution in [3.05, 3.63) is 29.0 Å². The fraction of sp³-hybridized carbons (Fsp3) is 0.545. The molecule has 0 spiro atoms. The average molecular weight is 214 g/mol. The number of nitrogens with zero attached hydrogens (tertiary/aromatic N) is 1. The molecule has 1 atom stereocenters. The Labute approximate surface area is 89.9 Å². The molecule has 0 amide bonds. The Morgan fingerprint density at radius 2 is 2.14 bits per heavy atom. The van der Waals surface area contributed by atoms with Crippen LogP contribution in [0.15, 0.2) is 18.3 Å².